The van der Waals surface area contributed by atoms with Gasteiger partial charge in [0.15, 0.2) is 0 Å². The Morgan fingerprint density at radius 1 is 1.33 bits per heavy atom. The monoisotopic (exact) mass is 295 g/mol. The molecule has 21 heavy (non-hydrogen) atoms. The first-order valence-corrected chi connectivity index (χ1v) is 6.75. The summed E-state index contributed by atoms with van der Waals surface area (Å²) in [5, 5.41) is 8.95. The highest BCUT2D eigenvalue weighted by molar-refractivity contribution is 5.93. The average Bonchev–Trinajstić information content (AvgIpc) is 2.34. The highest BCUT2D eigenvalue weighted by atomic mass is 19.1. The van der Waals surface area contributed by atoms with Crippen molar-refractivity contribution in [1.29, 1.82) is 0 Å². The van der Waals surface area contributed by atoms with Gasteiger partial charge in [-0.2, -0.15) is 0 Å². The minimum absolute atomic E-state index is 0.375. The number of hydrogen-bond acceptors (Lipinski definition) is 3. The van der Waals surface area contributed by atoms with E-state index in [1.807, 2.05) is 0 Å². The predicted octanol–water partition coefficient (Wildman–Crippen LogP) is 3.21. The van der Waals surface area contributed by atoms with Crippen molar-refractivity contribution in [3.05, 3.63) is 29.1 Å². The number of carbonyl (C=O) groups excluding carboxylic acids is 1. The summed E-state index contributed by atoms with van der Waals surface area (Å²) in [6.07, 6.45) is 0.734. The molecule has 0 fully saturated rings. The molecule has 1 amide bonds. The molecule has 1 heterocycles. The third-order valence-electron chi connectivity index (χ3n) is 3.13. The van der Waals surface area contributed by atoms with Crippen LogP contribution in [0.3, 0.4) is 0 Å². The molecule has 1 aliphatic heterocycles. The number of carbonyl (C=O) groups is 2. The van der Waals surface area contributed by atoms with Crippen molar-refractivity contribution >= 4 is 17.7 Å². The van der Waals surface area contributed by atoms with Gasteiger partial charge in [0.1, 0.15) is 11.4 Å². The van der Waals surface area contributed by atoms with Crippen molar-refractivity contribution in [3.8, 4) is 0 Å². The van der Waals surface area contributed by atoms with E-state index < -0.39 is 23.5 Å². The van der Waals surface area contributed by atoms with Gasteiger partial charge in [-0.05, 0) is 51.3 Å². The Balaban J connectivity index is 2.38. The summed E-state index contributed by atoms with van der Waals surface area (Å²) >= 11 is 0. The molecule has 0 saturated heterocycles. The Morgan fingerprint density at radius 2 is 2.00 bits per heavy atom. The number of amides is 1. The van der Waals surface area contributed by atoms with Crippen molar-refractivity contribution in [3.63, 3.8) is 0 Å². The Morgan fingerprint density at radius 3 is 2.57 bits per heavy atom. The van der Waals surface area contributed by atoms with E-state index in [1.165, 1.54) is 11.0 Å². The van der Waals surface area contributed by atoms with Gasteiger partial charge in [-0.3, -0.25) is 4.90 Å². The Labute approximate surface area is 122 Å². The van der Waals surface area contributed by atoms with Gasteiger partial charge in [-0.15, -0.1) is 0 Å². The van der Waals surface area contributed by atoms with Gasteiger partial charge < -0.3 is 9.84 Å². The number of ether oxygens (including phenoxy) is 1. The zero-order valence-electron chi connectivity index (χ0n) is 12.3. The van der Waals surface area contributed by atoms with Crippen LogP contribution in [-0.4, -0.2) is 29.3 Å². The van der Waals surface area contributed by atoms with E-state index in [4.69, 9.17) is 9.84 Å². The SMILES string of the molecule is CC(C)(C)OC(=O)N1CCCc2cc(C(=O)O)c(F)cc21. The maximum absolute atomic E-state index is 13.8. The average molecular weight is 295 g/mol. The minimum atomic E-state index is -1.32. The molecule has 5 nitrogen and oxygen atoms in total. The fraction of sp³-hybridized carbons (Fsp3) is 0.467. The van der Waals surface area contributed by atoms with E-state index in [-0.39, 0.29) is 5.56 Å². The van der Waals surface area contributed by atoms with Crippen LogP contribution in [0.5, 0.6) is 0 Å². The van der Waals surface area contributed by atoms with Crippen molar-refractivity contribution in [2.24, 2.45) is 0 Å². The number of carboxylic acids is 1. The Hall–Kier alpha value is -2.11. The maximum atomic E-state index is 13.8. The molecule has 1 aromatic carbocycles. The first kappa shape index (κ1) is 15.3. The van der Waals surface area contributed by atoms with Gasteiger partial charge in [-0.25, -0.2) is 14.0 Å². The molecule has 0 saturated carbocycles. The molecule has 0 aliphatic carbocycles. The first-order valence-electron chi connectivity index (χ1n) is 6.75. The van der Waals surface area contributed by atoms with Gasteiger partial charge in [0.05, 0.1) is 11.3 Å². The number of hydrogen-bond donors (Lipinski definition) is 1. The van der Waals surface area contributed by atoms with Crippen molar-refractivity contribution < 1.29 is 23.8 Å². The van der Waals surface area contributed by atoms with E-state index in [1.54, 1.807) is 20.8 Å². The molecular formula is C15H18FNO4. The van der Waals surface area contributed by atoms with Gasteiger partial charge in [0.2, 0.25) is 0 Å². The topological polar surface area (TPSA) is 66.8 Å². The highest BCUT2D eigenvalue weighted by Gasteiger charge is 2.29. The van der Waals surface area contributed by atoms with E-state index in [9.17, 15) is 14.0 Å². The van der Waals surface area contributed by atoms with Crippen LogP contribution in [0, 0.1) is 5.82 Å². The highest BCUT2D eigenvalue weighted by Crippen LogP contribution is 2.31. The first-order chi connectivity index (χ1) is 9.69. The number of carboxylic acid groups (broad SMARTS) is 1. The number of rotatable bonds is 1. The van der Waals surface area contributed by atoms with Crippen LogP contribution in [0.2, 0.25) is 0 Å². The zero-order chi connectivity index (χ0) is 15.8. The molecule has 0 aromatic heterocycles. The Kier molecular flexibility index (Phi) is 3.89. The molecule has 6 heteroatoms. The van der Waals surface area contributed by atoms with Crippen LogP contribution in [0.25, 0.3) is 0 Å². The summed E-state index contributed by atoms with van der Waals surface area (Å²) in [5.41, 5.74) is 0.0116. The maximum Gasteiger partial charge on any atom is 0.414 e. The number of nitrogens with zero attached hydrogens (tertiary/aromatic N) is 1. The zero-order valence-corrected chi connectivity index (χ0v) is 12.3. The molecule has 114 valence electrons. The molecule has 1 N–H and O–H groups in total. The second kappa shape index (κ2) is 5.35. The predicted molar refractivity (Wildman–Crippen MR) is 75.3 cm³/mol. The van der Waals surface area contributed by atoms with Crippen molar-refractivity contribution in [1.82, 2.24) is 0 Å². The number of anilines is 1. The summed E-state index contributed by atoms with van der Waals surface area (Å²) in [4.78, 5) is 24.5. The van der Waals surface area contributed by atoms with Gasteiger partial charge in [-0.1, -0.05) is 0 Å². The lowest BCUT2D eigenvalue weighted by Gasteiger charge is -2.31. The molecular weight excluding hydrogens is 277 g/mol. The van der Waals surface area contributed by atoms with E-state index in [2.05, 4.69) is 0 Å². The van der Waals surface area contributed by atoms with Crippen molar-refractivity contribution in [2.75, 3.05) is 11.4 Å². The number of aromatic carboxylic acids is 1. The molecule has 0 unspecified atom stereocenters. The number of fused-ring (bicyclic) bond motifs is 1. The van der Waals surface area contributed by atoms with Crippen LogP contribution in [0.4, 0.5) is 14.9 Å². The van der Waals surface area contributed by atoms with Crippen LogP contribution in [-0.2, 0) is 11.2 Å². The summed E-state index contributed by atoms with van der Waals surface area (Å²) < 4.78 is 19.1. The summed E-state index contributed by atoms with van der Waals surface area (Å²) in [6, 6.07) is 2.39. The molecule has 0 atom stereocenters. The van der Waals surface area contributed by atoms with Crippen LogP contribution in [0.15, 0.2) is 12.1 Å². The second-order valence-electron chi connectivity index (χ2n) is 6.00. The summed E-state index contributed by atoms with van der Waals surface area (Å²) in [6.45, 7) is 5.69. The van der Waals surface area contributed by atoms with Gasteiger partial charge in [0.25, 0.3) is 0 Å². The minimum Gasteiger partial charge on any atom is -0.478 e. The molecule has 2 rings (SSSR count). The summed E-state index contributed by atoms with van der Waals surface area (Å²) in [7, 11) is 0. The van der Waals surface area contributed by atoms with Crippen LogP contribution >= 0.6 is 0 Å². The third-order valence-corrected chi connectivity index (χ3v) is 3.13. The normalized spacial score (nSPS) is 14.6. The lowest BCUT2D eigenvalue weighted by Crippen LogP contribution is -2.40. The van der Waals surface area contributed by atoms with Gasteiger partial charge >= 0.3 is 12.1 Å². The van der Waals surface area contributed by atoms with Crippen molar-refractivity contribution in [2.45, 2.75) is 39.2 Å². The fourth-order valence-corrected chi connectivity index (χ4v) is 2.28. The number of aryl methyl sites for hydroxylation is 1. The lowest BCUT2D eigenvalue weighted by atomic mass is 9.99. The molecule has 1 aromatic rings. The third kappa shape index (κ3) is 3.32. The molecule has 0 radical (unpaired) electrons. The second-order valence-corrected chi connectivity index (χ2v) is 6.00. The van der Waals surface area contributed by atoms with E-state index in [0.717, 1.165) is 6.07 Å². The van der Waals surface area contributed by atoms with E-state index >= 15 is 0 Å². The molecule has 0 bridgehead atoms. The largest absolute Gasteiger partial charge is 0.478 e. The van der Waals surface area contributed by atoms with E-state index in [0.29, 0.717) is 30.6 Å². The number of halogens is 1. The lowest BCUT2D eigenvalue weighted by molar-refractivity contribution is 0.0577. The molecule has 0 spiro atoms. The number of benzene rings is 1. The smallest absolute Gasteiger partial charge is 0.414 e. The standard InChI is InChI=1S/C15H18FNO4/c1-15(2,3)21-14(20)17-6-4-5-9-7-10(13(18)19)11(16)8-12(9)17/h7-8H,4-6H2,1-3H3,(H,18,19). The van der Waals surface area contributed by atoms with Crippen LogP contribution in [0.1, 0.15) is 43.1 Å². The van der Waals surface area contributed by atoms with Gasteiger partial charge in [0, 0.05) is 6.54 Å². The Bertz CT molecular complexity index is 592. The molecule has 1 aliphatic rings. The van der Waals surface area contributed by atoms with Crippen LogP contribution < -0.4 is 4.90 Å². The summed E-state index contributed by atoms with van der Waals surface area (Å²) in [5.74, 6) is -2.17. The quantitative estimate of drug-likeness (QED) is 0.864. The fourth-order valence-electron chi connectivity index (χ4n) is 2.28.